The van der Waals surface area contributed by atoms with Crippen LogP contribution in [0.15, 0.2) is 78.4 Å². The molecular formula is C20H16. The summed E-state index contributed by atoms with van der Waals surface area (Å²) in [5.74, 6) is 6.55. The summed E-state index contributed by atoms with van der Waals surface area (Å²) in [6.45, 7) is 0. The Hall–Kier alpha value is -2.52. The van der Waals surface area contributed by atoms with Gasteiger partial charge in [0, 0.05) is 11.1 Å². The number of benzene rings is 2. The molecule has 1 aliphatic rings. The maximum atomic E-state index is 3.28. The quantitative estimate of drug-likeness (QED) is 0.631. The molecule has 0 fully saturated rings. The van der Waals surface area contributed by atoms with E-state index in [4.69, 9.17) is 0 Å². The van der Waals surface area contributed by atoms with Crippen LogP contribution in [0.4, 0.5) is 0 Å². The second kappa shape index (κ2) is 6.08. The highest BCUT2D eigenvalue weighted by Gasteiger charge is 1.98. The van der Waals surface area contributed by atoms with Gasteiger partial charge in [-0.25, -0.2) is 0 Å². The summed E-state index contributed by atoms with van der Waals surface area (Å²) < 4.78 is 0. The van der Waals surface area contributed by atoms with E-state index in [2.05, 4.69) is 78.6 Å². The third-order valence-electron chi connectivity index (χ3n) is 3.35. The van der Waals surface area contributed by atoms with Crippen LogP contribution in [0.3, 0.4) is 0 Å². The molecule has 0 amide bonds. The number of hydrogen-bond acceptors (Lipinski definition) is 0. The number of hydrogen-bond donors (Lipinski definition) is 0. The molecule has 0 unspecified atom stereocenters. The third kappa shape index (κ3) is 3.08. The first kappa shape index (κ1) is 12.5. The first-order valence-corrected chi connectivity index (χ1v) is 6.95. The van der Waals surface area contributed by atoms with Gasteiger partial charge >= 0.3 is 0 Å². The zero-order valence-corrected chi connectivity index (χ0v) is 11.3. The largest absolute Gasteiger partial charge is 0.0842 e. The van der Waals surface area contributed by atoms with Crippen LogP contribution in [-0.4, -0.2) is 0 Å². The van der Waals surface area contributed by atoms with Crippen LogP contribution in [0.2, 0.25) is 0 Å². The molecular weight excluding hydrogens is 240 g/mol. The Morgan fingerprint density at radius 1 is 0.800 bits per heavy atom. The van der Waals surface area contributed by atoms with Crippen molar-refractivity contribution in [1.29, 1.82) is 0 Å². The molecule has 0 spiro atoms. The van der Waals surface area contributed by atoms with E-state index in [0.717, 1.165) is 18.4 Å². The van der Waals surface area contributed by atoms with Gasteiger partial charge in [-0.2, -0.15) is 0 Å². The van der Waals surface area contributed by atoms with Crippen molar-refractivity contribution in [3.05, 3.63) is 84.0 Å². The fraction of sp³-hybridized carbons (Fsp3) is 0.100. The van der Waals surface area contributed by atoms with Crippen molar-refractivity contribution in [2.45, 2.75) is 12.8 Å². The number of allylic oxidation sites excluding steroid dienone is 4. The van der Waals surface area contributed by atoms with E-state index in [-0.39, 0.29) is 0 Å². The lowest BCUT2D eigenvalue weighted by Gasteiger charge is -2.02. The van der Waals surface area contributed by atoms with Crippen molar-refractivity contribution in [2.24, 2.45) is 0 Å². The molecule has 3 rings (SSSR count). The predicted molar refractivity (Wildman–Crippen MR) is 85.2 cm³/mol. The Labute approximate surface area is 120 Å². The second-order valence-corrected chi connectivity index (χ2v) is 4.86. The normalized spacial score (nSPS) is 13.3. The van der Waals surface area contributed by atoms with E-state index in [0.29, 0.717) is 0 Å². The molecule has 2 aromatic rings. The summed E-state index contributed by atoms with van der Waals surface area (Å²) in [5.41, 5.74) is 4.74. The molecule has 1 aliphatic carbocycles. The lowest BCUT2D eigenvalue weighted by Crippen LogP contribution is -1.84. The van der Waals surface area contributed by atoms with Gasteiger partial charge in [-0.05, 0) is 36.1 Å². The summed E-state index contributed by atoms with van der Waals surface area (Å²) in [7, 11) is 0. The Bertz CT molecular complexity index is 706. The third-order valence-corrected chi connectivity index (χ3v) is 3.35. The molecule has 2 aromatic carbocycles. The zero-order chi connectivity index (χ0) is 13.6. The highest BCUT2D eigenvalue weighted by molar-refractivity contribution is 5.65. The highest BCUT2D eigenvalue weighted by atomic mass is 14.0. The molecule has 0 nitrogen and oxygen atoms in total. The molecule has 0 bridgehead atoms. The molecule has 0 heterocycles. The molecule has 0 aromatic heterocycles. The van der Waals surface area contributed by atoms with Gasteiger partial charge in [0.15, 0.2) is 0 Å². The van der Waals surface area contributed by atoms with Gasteiger partial charge in [-0.15, -0.1) is 0 Å². The molecule has 96 valence electrons. The first-order chi connectivity index (χ1) is 9.92. The second-order valence-electron chi connectivity index (χ2n) is 4.86. The van der Waals surface area contributed by atoms with E-state index < -0.39 is 0 Å². The van der Waals surface area contributed by atoms with Crippen molar-refractivity contribution in [3.63, 3.8) is 0 Å². The Balaban J connectivity index is 1.87. The maximum Gasteiger partial charge on any atom is 0.0255 e. The lowest BCUT2D eigenvalue weighted by molar-refractivity contribution is 1.000. The monoisotopic (exact) mass is 256 g/mol. The summed E-state index contributed by atoms with van der Waals surface area (Å²) in [4.78, 5) is 0. The van der Waals surface area contributed by atoms with Crippen LogP contribution in [0.5, 0.6) is 0 Å². The van der Waals surface area contributed by atoms with Crippen molar-refractivity contribution < 1.29 is 0 Å². The van der Waals surface area contributed by atoms with Gasteiger partial charge in [-0.3, -0.25) is 0 Å². The van der Waals surface area contributed by atoms with E-state index in [9.17, 15) is 0 Å². The molecule has 0 saturated heterocycles. The van der Waals surface area contributed by atoms with Crippen LogP contribution in [0, 0.1) is 11.8 Å². The topological polar surface area (TPSA) is 0 Å². The van der Waals surface area contributed by atoms with Gasteiger partial charge in [0.1, 0.15) is 0 Å². The van der Waals surface area contributed by atoms with Crippen molar-refractivity contribution in [1.82, 2.24) is 0 Å². The molecule has 20 heavy (non-hydrogen) atoms. The fourth-order valence-electron chi connectivity index (χ4n) is 2.27. The maximum absolute atomic E-state index is 3.28. The smallest absolute Gasteiger partial charge is 0.0255 e. The molecule has 0 radical (unpaired) electrons. The van der Waals surface area contributed by atoms with Crippen molar-refractivity contribution in [3.8, 4) is 23.0 Å². The van der Waals surface area contributed by atoms with Crippen LogP contribution >= 0.6 is 0 Å². The van der Waals surface area contributed by atoms with E-state index in [1.165, 1.54) is 16.7 Å². The van der Waals surface area contributed by atoms with Gasteiger partial charge in [-0.1, -0.05) is 72.5 Å². The molecule has 0 N–H and O–H groups in total. The van der Waals surface area contributed by atoms with Crippen LogP contribution in [0.1, 0.15) is 18.4 Å². The molecule has 0 saturated carbocycles. The minimum absolute atomic E-state index is 1.06. The van der Waals surface area contributed by atoms with Crippen LogP contribution in [0.25, 0.3) is 11.1 Å². The minimum Gasteiger partial charge on any atom is -0.0842 e. The minimum atomic E-state index is 1.06. The van der Waals surface area contributed by atoms with Gasteiger partial charge in [0.2, 0.25) is 0 Å². The van der Waals surface area contributed by atoms with Gasteiger partial charge in [0.05, 0.1) is 0 Å². The first-order valence-electron chi connectivity index (χ1n) is 6.95. The number of rotatable bonds is 1. The van der Waals surface area contributed by atoms with Gasteiger partial charge < -0.3 is 0 Å². The van der Waals surface area contributed by atoms with Crippen LogP contribution in [-0.2, 0) is 0 Å². The predicted octanol–water partition coefficient (Wildman–Crippen LogP) is 4.98. The highest BCUT2D eigenvalue weighted by Crippen LogP contribution is 2.19. The molecule has 0 aliphatic heterocycles. The Morgan fingerprint density at radius 3 is 2.45 bits per heavy atom. The lowest BCUT2D eigenvalue weighted by atomic mass is 10.0. The molecule has 0 atom stereocenters. The summed E-state index contributed by atoms with van der Waals surface area (Å²) in [5, 5.41) is 0. The Morgan fingerprint density at radius 2 is 1.65 bits per heavy atom. The SMILES string of the molecule is C(#Cc1cccc(-c2ccccc2)c1)C1=CC=CCC1. The van der Waals surface area contributed by atoms with Crippen molar-refractivity contribution >= 4 is 0 Å². The Kier molecular flexibility index (Phi) is 3.80. The fourth-order valence-corrected chi connectivity index (χ4v) is 2.27. The van der Waals surface area contributed by atoms with Crippen molar-refractivity contribution in [2.75, 3.05) is 0 Å². The summed E-state index contributed by atoms with van der Waals surface area (Å²) in [6.07, 6.45) is 8.54. The van der Waals surface area contributed by atoms with E-state index >= 15 is 0 Å². The van der Waals surface area contributed by atoms with Gasteiger partial charge in [0.25, 0.3) is 0 Å². The summed E-state index contributed by atoms with van der Waals surface area (Å²) >= 11 is 0. The molecule has 0 heteroatoms. The average Bonchev–Trinajstić information content (AvgIpc) is 2.55. The van der Waals surface area contributed by atoms with Crippen LogP contribution < -0.4 is 0 Å². The zero-order valence-electron chi connectivity index (χ0n) is 11.3. The standard InChI is InChI=1S/C20H16/c1-3-8-17(9-4-1)14-15-18-10-7-13-20(16-18)19-11-5-2-6-12-19/h1-3,5-8,10-13,16H,4,9H2. The summed E-state index contributed by atoms with van der Waals surface area (Å²) in [6, 6.07) is 18.8. The average molecular weight is 256 g/mol. The van der Waals surface area contributed by atoms with E-state index in [1.807, 2.05) is 6.07 Å². The van der Waals surface area contributed by atoms with E-state index in [1.54, 1.807) is 0 Å².